The highest BCUT2D eigenvalue weighted by Gasteiger charge is 2.40. The van der Waals surface area contributed by atoms with Crippen molar-refractivity contribution in [1.29, 1.82) is 0 Å². The maximum atomic E-state index is 11.9. The lowest BCUT2D eigenvalue weighted by atomic mass is 9.85. The minimum atomic E-state index is -0.974. The zero-order valence-electron chi connectivity index (χ0n) is 13.6. The number of carbonyl (C=O) groups is 1. The van der Waals surface area contributed by atoms with Crippen molar-refractivity contribution >= 4 is 17.6 Å². The minimum absolute atomic E-state index is 0.297. The van der Waals surface area contributed by atoms with Gasteiger partial charge in [-0.3, -0.25) is 4.79 Å². The van der Waals surface area contributed by atoms with Crippen LogP contribution in [0.4, 0.5) is 5.95 Å². The molecule has 0 radical (unpaired) electrons. The summed E-state index contributed by atoms with van der Waals surface area (Å²) in [5.41, 5.74) is 2.04. The van der Waals surface area contributed by atoms with Gasteiger partial charge in [-0.1, -0.05) is 29.4 Å². The summed E-state index contributed by atoms with van der Waals surface area (Å²) in [6, 6.07) is 10.7. The van der Waals surface area contributed by atoms with Crippen molar-refractivity contribution in [2.45, 2.75) is 19.9 Å². The summed E-state index contributed by atoms with van der Waals surface area (Å²) >= 11 is 0. The second kappa shape index (κ2) is 5.66. The molecule has 25 heavy (non-hydrogen) atoms. The van der Waals surface area contributed by atoms with Gasteiger partial charge in [0.15, 0.2) is 0 Å². The zero-order chi connectivity index (χ0) is 17.6. The molecule has 3 aromatic rings. The number of carboxylic acids is 1. The number of aliphatic carboxylic acids is 1. The van der Waals surface area contributed by atoms with E-state index in [9.17, 15) is 9.90 Å². The van der Waals surface area contributed by atoms with E-state index >= 15 is 0 Å². The summed E-state index contributed by atoms with van der Waals surface area (Å²) < 4.78 is 7.21. The quantitative estimate of drug-likeness (QED) is 0.787. The lowest BCUT2D eigenvalue weighted by Crippen LogP contribution is -2.36. The van der Waals surface area contributed by atoms with E-state index in [1.54, 1.807) is 6.92 Å². The van der Waals surface area contributed by atoms with Crippen molar-refractivity contribution in [3.05, 3.63) is 47.7 Å². The van der Waals surface area contributed by atoms with Crippen molar-refractivity contribution in [1.82, 2.24) is 20.2 Å². The monoisotopic (exact) mass is 337 g/mol. The van der Waals surface area contributed by atoms with Gasteiger partial charge < -0.3 is 9.52 Å². The number of tetrazole rings is 1. The summed E-state index contributed by atoms with van der Waals surface area (Å²) in [6.45, 7) is 3.55. The molecule has 0 bridgehead atoms. The second-order valence-electron chi connectivity index (χ2n) is 5.93. The predicted octanol–water partition coefficient (Wildman–Crippen LogP) is 2.64. The summed E-state index contributed by atoms with van der Waals surface area (Å²) in [7, 11) is 0. The van der Waals surface area contributed by atoms with Gasteiger partial charge in [0, 0.05) is 11.3 Å². The first-order valence-electron chi connectivity index (χ1n) is 7.78. The molecule has 8 heteroatoms. The lowest BCUT2D eigenvalue weighted by Gasteiger charge is -2.28. The molecule has 2 aromatic heterocycles. The standard InChI is InChI=1S/C17H15N5O3/c1-9-7-8-13(25-9)11-5-3-4-6-12(11)15-14(16(23)24)10(2)18-17-19-20-21-22(15)17/h3-8,14-15H,1-2H3,(H,23,24). The molecule has 0 spiro atoms. The molecule has 0 saturated carbocycles. The van der Waals surface area contributed by atoms with Crippen LogP contribution in [0, 0.1) is 12.8 Å². The third-order valence-corrected chi connectivity index (χ3v) is 4.33. The smallest absolute Gasteiger partial charge is 0.314 e. The van der Waals surface area contributed by atoms with Crippen LogP contribution in [-0.2, 0) is 4.79 Å². The maximum Gasteiger partial charge on any atom is 0.314 e. The first kappa shape index (κ1) is 15.3. The van der Waals surface area contributed by atoms with Crippen molar-refractivity contribution in [2.24, 2.45) is 10.9 Å². The second-order valence-corrected chi connectivity index (χ2v) is 5.93. The molecule has 0 aliphatic carbocycles. The topological polar surface area (TPSA) is 106 Å². The number of aromatic nitrogens is 4. The fourth-order valence-corrected chi connectivity index (χ4v) is 3.22. The lowest BCUT2D eigenvalue weighted by molar-refractivity contribution is -0.140. The molecule has 1 aliphatic heterocycles. The average molecular weight is 337 g/mol. The largest absolute Gasteiger partial charge is 0.481 e. The number of hydrogen-bond donors (Lipinski definition) is 1. The number of furan rings is 1. The highest BCUT2D eigenvalue weighted by atomic mass is 16.4. The number of benzene rings is 1. The molecule has 1 aliphatic rings. The first-order chi connectivity index (χ1) is 12.1. The Hall–Kier alpha value is -3.29. The molecule has 1 aromatic carbocycles. The van der Waals surface area contributed by atoms with Crippen molar-refractivity contribution in [3.63, 3.8) is 0 Å². The van der Waals surface area contributed by atoms with E-state index in [2.05, 4.69) is 20.5 Å². The number of rotatable bonds is 3. The van der Waals surface area contributed by atoms with E-state index in [0.717, 1.165) is 16.9 Å². The van der Waals surface area contributed by atoms with Crippen LogP contribution in [0.1, 0.15) is 24.3 Å². The maximum absolute atomic E-state index is 11.9. The predicted molar refractivity (Wildman–Crippen MR) is 88.7 cm³/mol. The Morgan fingerprint density at radius 3 is 2.72 bits per heavy atom. The number of nitrogens with zero attached hydrogens (tertiary/aromatic N) is 5. The Morgan fingerprint density at radius 2 is 2.00 bits per heavy atom. The highest BCUT2D eigenvalue weighted by Crippen LogP contribution is 2.39. The van der Waals surface area contributed by atoms with E-state index in [0.29, 0.717) is 17.4 Å². The third kappa shape index (κ3) is 2.42. The van der Waals surface area contributed by atoms with Crippen LogP contribution in [0.15, 0.2) is 45.8 Å². The van der Waals surface area contributed by atoms with Gasteiger partial charge in [-0.15, -0.1) is 0 Å². The molecule has 2 atom stereocenters. The van der Waals surface area contributed by atoms with Crippen LogP contribution < -0.4 is 0 Å². The van der Waals surface area contributed by atoms with Crippen LogP contribution >= 0.6 is 0 Å². The van der Waals surface area contributed by atoms with Crippen LogP contribution in [0.3, 0.4) is 0 Å². The first-order valence-corrected chi connectivity index (χ1v) is 7.78. The average Bonchev–Trinajstić information content (AvgIpc) is 3.22. The van der Waals surface area contributed by atoms with Gasteiger partial charge in [0.05, 0.1) is 0 Å². The molecule has 4 rings (SSSR count). The SMILES string of the molecule is CC1=Nc2nnnn2C(c2ccccc2-c2ccc(C)o2)C1C(=O)O. The Bertz CT molecular complexity index is 988. The van der Waals surface area contributed by atoms with Crippen LogP contribution in [0.2, 0.25) is 0 Å². The summed E-state index contributed by atoms with van der Waals surface area (Å²) in [6.07, 6.45) is 0. The Balaban J connectivity index is 1.94. The van der Waals surface area contributed by atoms with Gasteiger partial charge in [-0.2, -0.15) is 0 Å². The number of aryl methyl sites for hydroxylation is 1. The molecule has 3 heterocycles. The zero-order valence-corrected chi connectivity index (χ0v) is 13.6. The third-order valence-electron chi connectivity index (χ3n) is 4.33. The molecule has 2 unspecified atom stereocenters. The van der Waals surface area contributed by atoms with Crippen molar-refractivity contribution in [3.8, 4) is 11.3 Å². The van der Waals surface area contributed by atoms with Gasteiger partial charge in [-0.05, 0) is 42.0 Å². The number of hydrogen-bond acceptors (Lipinski definition) is 6. The number of aliphatic imine (C=N–C) groups is 1. The Kier molecular flexibility index (Phi) is 3.45. The summed E-state index contributed by atoms with van der Waals surface area (Å²) in [5, 5.41) is 21.3. The van der Waals surface area contributed by atoms with Crippen LogP contribution in [-0.4, -0.2) is 37.0 Å². The Labute approximate surface area is 142 Å². The van der Waals surface area contributed by atoms with Gasteiger partial charge in [-0.25, -0.2) is 9.67 Å². The minimum Gasteiger partial charge on any atom is -0.481 e. The Morgan fingerprint density at radius 1 is 1.20 bits per heavy atom. The molecule has 0 fully saturated rings. The fraction of sp³-hybridized carbons (Fsp3) is 0.235. The molecule has 0 amide bonds. The molecule has 126 valence electrons. The van der Waals surface area contributed by atoms with Crippen molar-refractivity contribution < 1.29 is 14.3 Å². The number of fused-ring (bicyclic) bond motifs is 1. The summed E-state index contributed by atoms with van der Waals surface area (Å²) in [4.78, 5) is 16.2. The normalized spacial score (nSPS) is 19.4. The molecular formula is C17H15N5O3. The van der Waals surface area contributed by atoms with Gasteiger partial charge in [0.25, 0.3) is 5.95 Å². The van der Waals surface area contributed by atoms with Crippen molar-refractivity contribution in [2.75, 3.05) is 0 Å². The molecule has 0 saturated heterocycles. The van der Waals surface area contributed by atoms with E-state index in [1.165, 1.54) is 4.68 Å². The highest BCUT2D eigenvalue weighted by molar-refractivity contribution is 6.03. The van der Waals surface area contributed by atoms with Crippen LogP contribution in [0.5, 0.6) is 0 Å². The number of carboxylic acid groups (broad SMARTS) is 1. The fourth-order valence-electron chi connectivity index (χ4n) is 3.22. The van der Waals surface area contributed by atoms with Gasteiger partial charge in [0.1, 0.15) is 23.5 Å². The van der Waals surface area contributed by atoms with E-state index in [4.69, 9.17) is 4.42 Å². The van der Waals surface area contributed by atoms with E-state index in [-0.39, 0.29) is 0 Å². The van der Waals surface area contributed by atoms with Crippen LogP contribution in [0.25, 0.3) is 11.3 Å². The van der Waals surface area contributed by atoms with Gasteiger partial charge in [0.2, 0.25) is 0 Å². The van der Waals surface area contributed by atoms with Gasteiger partial charge >= 0.3 is 5.97 Å². The van der Waals surface area contributed by atoms with E-state index < -0.39 is 17.9 Å². The molecule has 8 nitrogen and oxygen atoms in total. The van der Waals surface area contributed by atoms with E-state index in [1.807, 2.05) is 43.3 Å². The molecular weight excluding hydrogens is 322 g/mol. The molecule has 1 N–H and O–H groups in total. The summed E-state index contributed by atoms with van der Waals surface area (Å²) in [5.74, 6) is -0.0902.